The molecule has 1 spiro atoms. The molecule has 1 fully saturated rings. The Morgan fingerprint density at radius 3 is 2.81 bits per heavy atom. The van der Waals surface area contributed by atoms with E-state index in [2.05, 4.69) is 25.8 Å². The van der Waals surface area contributed by atoms with Crippen LogP contribution in [0.3, 0.4) is 0 Å². The molecular weight excluding hydrogens is 406 g/mol. The zero-order chi connectivity index (χ0) is 22.5. The molecule has 32 heavy (non-hydrogen) atoms. The molecule has 1 atom stereocenters. The number of hydrogen-bond donors (Lipinski definition) is 1. The van der Waals surface area contributed by atoms with Crippen molar-refractivity contribution in [3.8, 4) is 5.82 Å². The maximum atomic E-state index is 13.2. The van der Waals surface area contributed by atoms with Crippen LogP contribution in [0.2, 0.25) is 0 Å². The number of nitrogens with zero attached hydrogens (tertiary/aromatic N) is 4. The first-order chi connectivity index (χ1) is 15.4. The van der Waals surface area contributed by atoms with Gasteiger partial charge >= 0.3 is 0 Å². The quantitative estimate of drug-likeness (QED) is 0.684. The van der Waals surface area contributed by atoms with E-state index >= 15 is 0 Å². The van der Waals surface area contributed by atoms with Gasteiger partial charge < -0.3 is 24.1 Å². The topological polar surface area (TPSA) is 83.6 Å². The Balaban J connectivity index is 1.56. The first-order valence-electron chi connectivity index (χ1n) is 10.9. The van der Waals surface area contributed by atoms with Crippen molar-refractivity contribution in [1.82, 2.24) is 19.8 Å². The average Bonchev–Trinajstić information content (AvgIpc) is 3.50. The number of hydrogen-bond acceptors (Lipinski definition) is 5. The molecule has 8 heteroatoms. The van der Waals surface area contributed by atoms with Crippen molar-refractivity contribution in [2.24, 2.45) is 0 Å². The summed E-state index contributed by atoms with van der Waals surface area (Å²) in [7, 11) is 0. The van der Waals surface area contributed by atoms with Gasteiger partial charge in [-0.15, -0.1) is 0 Å². The average molecular weight is 434 g/mol. The molecule has 0 radical (unpaired) electrons. The fourth-order valence-corrected chi connectivity index (χ4v) is 4.95. The number of fused-ring (bicyclic) bond motifs is 4. The third-order valence-corrected chi connectivity index (χ3v) is 6.26. The molecule has 8 nitrogen and oxygen atoms in total. The predicted molar refractivity (Wildman–Crippen MR) is 120 cm³/mol. The number of aromatic nitrogens is 2. The van der Waals surface area contributed by atoms with Crippen LogP contribution in [0.5, 0.6) is 0 Å². The van der Waals surface area contributed by atoms with Gasteiger partial charge in [-0.1, -0.05) is 0 Å². The molecule has 0 unspecified atom stereocenters. The number of aryl methyl sites for hydroxylation is 1. The van der Waals surface area contributed by atoms with Gasteiger partial charge in [-0.3, -0.25) is 9.59 Å². The number of nitrogens with one attached hydrogen (secondary N) is 1. The van der Waals surface area contributed by atoms with Crippen LogP contribution in [0.25, 0.3) is 5.82 Å². The first-order valence-corrected chi connectivity index (χ1v) is 10.9. The normalized spacial score (nSPS) is 19.4. The van der Waals surface area contributed by atoms with Gasteiger partial charge in [-0.05, 0) is 63.6 Å². The summed E-state index contributed by atoms with van der Waals surface area (Å²) in [6.07, 6.45) is 4.46. The summed E-state index contributed by atoms with van der Waals surface area (Å²) in [6.45, 7) is 6.94. The molecule has 5 rings (SSSR count). The molecule has 2 amide bonds. The number of likely N-dealkylation sites (tertiary alicyclic amines) is 1. The molecule has 3 aromatic heterocycles. The number of rotatable bonds is 4. The van der Waals surface area contributed by atoms with Crippen LogP contribution in [0.15, 0.2) is 53.2 Å². The van der Waals surface area contributed by atoms with E-state index in [-0.39, 0.29) is 24.4 Å². The first kappa shape index (κ1) is 20.4. The summed E-state index contributed by atoms with van der Waals surface area (Å²) >= 11 is 0. The molecule has 1 N–H and O–H groups in total. The van der Waals surface area contributed by atoms with Gasteiger partial charge in [0.2, 0.25) is 5.91 Å². The Bertz CT molecular complexity index is 1180. The van der Waals surface area contributed by atoms with Crippen LogP contribution in [-0.2, 0) is 10.3 Å². The zero-order valence-corrected chi connectivity index (χ0v) is 18.5. The van der Waals surface area contributed by atoms with Crippen LogP contribution in [0.1, 0.15) is 42.3 Å². The molecule has 1 saturated heterocycles. The van der Waals surface area contributed by atoms with E-state index in [1.54, 1.807) is 18.3 Å². The van der Waals surface area contributed by atoms with Crippen molar-refractivity contribution in [1.29, 1.82) is 0 Å². The second-order valence-electron chi connectivity index (χ2n) is 8.84. The lowest BCUT2D eigenvalue weighted by Gasteiger charge is -2.46. The van der Waals surface area contributed by atoms with Crippen LogP contribution in [0, 0.1) is 6.92 Å². The summed E-state index contributed by atoms with van der Waals surface area (Å²) in [5.41, 5.74) is 1.38. The molecule has 0 aromatic carbocycles. The lowest BCUT2D eigenvalue weighted by Crippen LogP contribution is -2.56. The van der Waals surface area contributed by atoms with E-state index in [1.165, 1.54) is 0 Å². The molecule has 2 aliphatic rings. The number of pyridine rings is 1. The second kappa shape index (κ2) is 7.55. The minimum absolute atomic E-state index is 0.0457. The maximum Gasteiger partial charge on any atom is 0.289 e. The van der Waals surface area contributed by atoms with Crippen molar-refractivity contribution in [3.05, 3.63) is 66.0 Å². The highest BCUT2D eigenvalue weighted by Crippen LogP contribution is 2.47. The summed E-state index contributed by atoms with van der Waals surface area (Å²) < 4.78 is 7.68. The predicted octanol–water partition coefficient (Wildman–Crippen LogP) is 2.86. The van der Waals surface area contributed by atoms with Crippen LogP contribution in [-0.4, -0.2) is 51.9 Å². The number of furan rings is 1. The van der Waals surface area contributed by atoms with Gasteiger partial charge in [0.15, 0.2) is 11.6 Å². The largest absolute Gasteiger partial charge is 0.456 e. The lowest BCUT2D eigenvalue weighted by molar-refractivity contribution is -0.120. The Hall–Kier alpha value is -3.55. The highest BCUT2D eigenvalue weighted by Gasteiger charge is 2.51. The van der Waals surface area contributed by atoms with Gasteiger partial charge in [-0.2, -0.15) is 0 Å². The summed E-state index contributed by atoms with van der Waals surface area (Å²) in [6, 6.07) is 11.5. The Labute approximate surface area is 186 Å². The molecule has 0 aliphatic carbocycles. The van der Waals surface area contributed by atoms with E-state index in [9.17, 15) is 9.59 Å². The fourth-order valence-electron chi connectivity index (χ4n) is 4.95. The van der Waals surface area contributed by atoms with E-state index in [1.807, 2.05) is 50.1 Å². The lowest BCUT2D eigenvalue weighted by atomic mass is 9.88. The Morgan fingerprint density at radius 1 is 1.22 bits per heavy atom. The number of anilines is 1. The van der Waals surface area contributed by atoms with Crippen molar-refractivity contribution >= 4 is 17.5 Å². The third kappa shape index (κ3) is 3.18. The smallest absolute Gasteiger partial charge is 0.289 e. The molecular formula is C24H27N5O3. The van der Waals surface area contributed by atoms with Crippen LogP contribution in [0.4, 0.5) is 5.69 Å². The fraction of sp³-hybridized carbons (Fsp3) is 0.375. The SMILES string of the molecule is Cc1ccc(C(=O)N2CC[C@]3(C2)c2cccn2-c2ncccc2N3CC(=O)NC(C)C)o1. The molecule has 3 aromatic rings. The van der Waals surface area contributed by atoms with E-state index in [4.69, 9.17) is 4.42 Å². The number of carbonyl (C=O) groups is 2. The molecule has 2 aliphatic heterocycles. The third-order valence-electron chi connectivity index (χ3n) is 6.26. The summed E-state index contributed by atoms with van der Waals surface area (Å²) in [4.78, 5) is 34.6. The van der Waals surface area contributed by atoms with Crippen LogP contribution >= 0.6 is 0 Å². The van der Waals surface area contributed by atoms with Gasteiger partial charge in [0.1, 0.15) is 11.3 Å². The van der Waals surface area contributed by atoms with Crippen LogP contribution < -0.4 is 10.2 Å². The van der Waals surface area contributed by atoms with Crippen molar-refractivity contribution < 1.29 is 14.0 Å². The molecule has 166 valence electrons. The van der Waals surface area contributed by atoms with E-state index in [0.29, 0.717) is 31.0 Å². The van der Waals surface area contributed by atoms with Crippen molar-refractivity contribution in [2.75, 3.05) is 24.5 Å². The molecule has 0 bridgehead atoms. The Morgan fingerprint density at radius 2 is 2.06 bits per heavy atom. The maximum absolute atomic E-state index is 13.2. The van der Waals surface area contributed by atoms with Crippen molar-refractivity contribution in [2.45, 2.75) is 38.8 Å². The Kier molecular flexibility index (Phi) is 4.80. The van der Waals surface area contributed by atoms with Crippen molar-refractivity contribution in [3.63, 3.8) is 0 Å². The van der Waals surface area contributed by atoms with Gasteiger partial charge in [-0.25, -0.2) is 4.98 Å². The number of amides is 2. The highest BCUT2D eigenvalue weighted by atomic mass is 16.3. The van der Waals surface area contributed by atoms with Gasteiger partial charge in [0.25, 0.3) is 5.91 Å². The molecule has 5 heterocycles. The minimum atomic E-state index is -0.537. The highest BCUT2D eigenvalue weighted by molar-refractivity contribution is 5.92. The zero-order valence-electron chi connectivity index (χ0n) is 18.5. The van der Waals surface area contributed by atoms with E-state index in [0.717, 1.165) is 17.2 Å². The van der Waals surface area contributed by atoms with Gasteiger partial charge in [0, 0.05) is 25.0 Å². The number of carbonyl (C=O) groups excluding carboxylic acids is 2. The van der Waals surface area contributed by atoms with E-state index < -0.39 is 5.54 Å². The second-order valence-corrected chi connectivity index (χ2v) is 8.84. The minimum Gasteiger partial charge on any atom is -0.456 e. The standard InChI is InChI=1S/C24H27N5O3/c1-16(2)26-21(30)14-29-18-6-4-11-25-22(18)28-12-5-7-20(28)24(29)10-13-27(15-24)23(31)19-9-8-17(3)32-19/h4-9,11-12,16H,10,13-15H2,1-3H3,(H,26,30)/t24-/m0/s1. The van der Waals surface area contributed by atoms with Gasteiger partial charge in [0.05, 0.1) is 24.5 Å². The summed E-state index contributed by atoms with van der Waals surface area (Å²) in [5.74, 6) is 1.66. The summed E-state index contributed by atoms with van der Waals surface area (Å²) in [5, 5.41) is 3.00. The monoisotopic (exact) mass is 433 g/mol. The molecule has 0 saturated carbocycles.